The molecule has 0 radical (unpaired) electrons. The summed E-state index contributed by atoms with van der Waals surface area (Å²) in [7, 11) is 0. The molecule has 1 aromatic carbocycles. The van der Waals surface area contributed by atoms with Crippen molar-refractivity contribution in [2.75, 3.05) is 0 Å². The van der Waals surface area contributed by atoms with Gasteiger partial charge in [-0.1, -0.05) is 49.9 Å². The second-order valence-corrected chi connectivity index (χ2v) is 5.74. The van der Waals surface area contributed by atoms with E-state index in [-0.39, 0.29) is 5.92 Å². The molecule has 0 aliphatic heterocycles. The fourth-order valence-corrected chi connectivity index (χ4v) is 3.29. The molecule has 1 nitrogen and oxygen atoms in total. The van der Waals surface area contributed by atoms with Crippen LogP contribution in [0.1, 0.15) is 54.9 Å². The highest BCUT2D eigenvalue weighted by Gasteiger charge is 2.30. The fraction of sp³-hybridized carbons (Fsp3) is 0.562. The van der Waals surface area contributed by atoms with Crippen molar-refractivity contribution in [3.8, 4) is 0 Å². The molecule has 0 aromatic heterocycles. The van der Waals surface area contributed by atoms with Gasteiger partial charge in [-0.3, -0.25) is 4.79 Å². The van der Waals surface area contributed by atoms with E-state index in [1.54, 1.807) is 0 Å². The lowest BCUT2D eigenvalue weighted by molar-refractivity contribution is 0.0819. The Morgan fingerprint density at radius 1 is 1.33 bits per heavy atom. The Balaban J connectivity index is 2.27. The number of hydrogen-bond donors (Lipinski definition) is 0. The third-order valence-corrected chi connectivity index (χ3v) is 4.71. The minimum Gasteiger partial charge on any atom is -0.294 e. The van der Waals surface area contributed by atoms with E-state index < -0.39 is 0 Å². The zero-order valence-electron chi connectivity index (χ0n) is 11.2. The number of Topliss-reactive ketones (excluding diaryl/α,β-unsaturated/α-hetero) is 1. The lowest BCUT2D eigenvalue weighted by atomic mass is 9.74. The zero-order chi connectivity index (χ0) is 13.1. The second kappa shape index (κ2) is 5.88. The van der Waals surface area contributed by atoms with Crippen LogP contribution >= 0.6 is 11.6 Å². The average molecular weight is 265 g/mol. The zero-order valence-corrected chi connectivity index (χ0v) is 12.0. The largest absolute Gasteiger partial charge is 0.294 e. The van der Waals surface area contributed by atoms with E-state index in [0.717, 1.165) is 24.0 Å². The van der Waals surface area contributed by atoms with Crippen LogP contribution in [0, 0.1) is 18.8 Å². The smallest absolute Gasteiger partial charge is 0.166 e. The fourth-order valence-electron chi connectivity index (χ4n) is 3.12. The SMILES string of the molecule is CCC1CCCCC1C(=O)c1cccc(Cl)c1C. The predicted molar refractivity (Wildman–Crippen MR) is 76.3 cm³/mol. The van der Waals surface area contributed by atoms with Crippen molar-refractivity contribution in [1.82, 2.24) is 0 Å². The predicted octanol–water partition coefficient (Wildman–Crippen LogP) is 5.05. The highest BCUT2D eigenvalue weighted by atomic mass is 35.5. The van der Waals surface area contributed by atoms with Gasteiger partial charge >= 0.3 is 0 Å². The van der Waals surface area contributed by atoms with Crippen molar-refractivity contribution >= 4 is 17.4 Å². The Morgan fingerprint density at radius 2 is 2.06 bits per heavy atom. The summed E-state index contributed by atoms with van der Waals surface area (Å²) in [5.74, 6) is 1.08. The van der Waals surface area contributed by atoms with Gasteiger partial charge in [0.05, 0.1) is 0 Å². The molecular formula is C16H21ClO. The summed E-state index contributed by atoms with van der Waals surface area (Å²) in [6, 6.07) is 5.66. The van der Waals surface area contributed by atoms with Gasteiger partial charge < -0.3 is 0 Å². The lowest BCUT2D eigenvalue weighted by Gasteiger charge is -2.30. The molecule has 0 saturated heterocycles. The summed E-state index contributed by atoms with van der Waals surface area (Å²) in [5, 5.41) is 0.699. The van der Waals surface area contributed by atoms with E-state index in [4.69, 9.17) is 11.6 Å². The third kappa shape index (κ3) is 2.61. The van der Waals surface area contributed by atoms with Crippen molar-refractivity contribution in [3.05, 3.63) is 34.3 Å². The van der Waals surface area contributed by atoms with Crippen LogP contribution in [0.3, 0.4) is 0 Å². The molecule has 0 bridgehead atoms. The Hall–Kier alpha value is -0.820. The molecular weight excluding hydrogens is 244 g/mol. The number of benzene rings is 1. The summed E-state index contributed by atoms with van der Waals surface area (Å²) in [6.45, 7) is 4.14. The first-order valence-corrected chi connectivity index (χ1v) is 7.32. The molecule has 2 unspecified atom stereocenters. The van der Waals surface area contributed by atoms with Gasteiger partial charge in [-0.05, 0) is 37.3 Å². The lowest BCUT2D eigenvalue weighted by Crippen LogP contribution is -2.27. The minimum absolute atomic E-state index is 0.209. The molecule has 1 aliphatic carbocycles. The van der Waals surface area contributed by atoms with E-state index in [1.165, 1.54) is 19.3 Å². The van der Waals surface area contributed by atoms with Crippen LogP contribution in [0.15, 0.2) is 18.2 Å². The molecule has 1 aliphatic rings. The summed E-state index contributed by atoms with van der Waals surface area (Å²) < 4.78 is 0. The number of hydrogen-bond acceptors (Lipinski definition) is 1. The molecule has 2 rings (SSSR count). The first kappa shape index (κ1) is 13.6. The van der Waals surface area contributed by atoms with Gasteiger partial charge in [-0.2, -0.15) is 0 Å². The molecule has 1 saturated carbocycles. The molecule has 0 N–H and O–H groups in total. The average Bonchev–Trinajstić information content (AvgIpc) is 2.41. The number of ketones is 1. The van der Waals surface area contributed by atoms with Gasteiger partial charge in [0, 0.05) is 16.5 Å². The van der Waals surface area contributed by atoms with Gasteiger partial charge in [0.2, 0.25) is 0 Å². The maximum Gasteiger partial charge on any atom is 0.166 e. The Labute approximate surface area is 115 Å². The van der Waals surface area contributed by atoms with Crippen molar-refractivity contribution < 1.29 is 4.79 Å². The Bertz CT molecular complexity index is 439. The summed E-state index contributed by atoms with van der Waals surface area (Å²) in [6.07, 6.45) is 5.81. The molecule has 1 fully saturated rings. The Morgan fingerprint density at radius 3 is 2.78 bits per heavy atom. The number of carbonyl (C=O) groups is 1. The topological polar surface area (TPSA) is 17.1 Å². The summed E-state index contributed by atoms with van der Waals surface area (Å²) in [4.78, 5) is 12.7. The number of carbonyl (C=O) groups excluding carboxylic acids is 1. The van der Waals surface area contributed by atoms with Crippen LogP contribution in [-0.2, 0) is 0 Å². The van der Waals surface area contributed by atoms with Crippen LogP contribution in [0.25, 0.3) is 0 Å². The van der Waals surface area contributed by atoms with Crippen LogP contribution < -0.4 is 0 Å². The minimum atomic E-state index is 0.209. The maximum absolute atomic E-state index is 12.7. The monoisotopic (exact) mass is 264 g/mol. The highest BCUT2D eigenvalue weighted by molar-refractivity contribution is 6.31. The summed E-state index contributed by atoms with van der Waals surface area (Å²) in [5.41, 5.74) is 1.76. The highest BCUT2D eigenvalue weighted by Crippen LogP contribution is 2.35. The molecule has 18 heavy (non-hydrogen) atoms. The van der Waals surface area contributed by atoms with E-state index in [0.29, 0.717) is 16.7 Å². The van der Waals surface area contributed by atoms with Crippen molar-refractivity contribution in [2.24, 2.45) is 11.8 Å². The first-order chi connectivity index (χ1) is 8.65. The number of rotatable bonds is 3. The van der Waals surface area contributed by atoms with Crippen molar-refractivity contribution in [1.29, 1.82) is 0 Å². The quantitative estimate of drug-likeness (QED) is 0.699. The molecule has 1 aromatic rings. The van der Waals surface area contributed by atoms with E-state index in [2.05, 4.69) is 6.92 Å². The van der Waals surface area contributed by atoms with Crippen LogP contribution in [0.2, 0.25) is 5.02 Å². The molecule has 0 spiro atoms. The van der Waals surface area contributed by atoms with Gasteiger partial charge in [0.25, 0.3) is 0 Å². The van der Waals surface area contributed by atoms with Gasteiger partial charge in [0.15, 0.2) is 5.78 Å². The molecule has 98 valence electrons. The van der Waals surface area contributed by atoms with E-state index >= 15 is 0 Å². The molecule has 0 heterocycles. The number of halogens is 1. The standard InChI is InChI=1S/C16H21ClO/c1-3-12-7-4-5-8-14(12)16(18)13-9-6-10-15(17)11(13)2/h6,9-10,12,14H,3-5,7-8H2,1-2H3. The summed E-state index contributed by atoms with van der Waals surface area (Å²) >= 11 is 6.11. The molecule has 0 amide bonds. The van der Waals surface area contributed by atoms with Gasteiger partial charge in [-0.25, -0.2) is 0 Å². The molecule has 2 heteroatoms. The van der Waals surface area contributed by atoms with Gasteiger partial charge in [-0.15, -0.1) is 0 Å². The van der Waals surface area contributed by atoms with E-state index in [1.807, 2.05) is 25.1 Å². The van der Waals surface area contributed by atoms with Crippen molar-refractivity contribution in [3.63, 3.8) is 0 Å². The van der Waals surface area contributed by atoms with Crippen molar-refractivity contribution in [2.45, 2.75) is 46.0 Å². The Kier molecular flexibility index (Phi) is 4.45. The molecule has 2 atom stereocenters. The second-order valence-electron chi connectivity index (χ2n) is 5.34. The van der Waals surface area contributed by atoms with Crippen LogP contribution in [-0.4, -0.2) is 5.78 Å². The van der Waals surface area contributed by atoms with E-state index in [9.17, 15) is 4.79 Å². The van der Waals surface area contributed by atoms with Crippen LogP contribution in [0.5, 0.6) is 0 Å². The third-order valence-electron chi connectivity index (χ3n) is 4.30. The normalized spacial score (nSPS) is 23.9. The van der Waals surface area contributed by atoms with Gasteiger partial charge in [0.1, 0.15) is 0 Å². The van der Waals surface area contributed by atoms with Crippen LogP contribution in [0.4, 0.5) is 0 Å². The first-order valence-electron chi connectivity index (χ1n) is 6.94. The maximum atomic E-state index is 12.7.